The van der Waals surface area contributed by atoms with Gasteiger partial charge in [-0.15, -0.1) is 0 Å². The lowest BCUT2D eigenvalue weighted by molar-refractivity contribution is -0.145. The van der Waals surface area contributed by atoms with Gasteiger partial charge in [0.1, 0.15) is 5.75 Å². The molecule has 5 nitrogen and oxygen atoms in total. The van der Waals surface area contributed by atoms with Crippen LogP contribution in [0.5, 0.6) is 5.75 Å². The molecule has 1 atom stereocenters. The summed E-state index contributed by atoms with van der Waals surface area (Å²) >= 11 is 0. The van der Waals surface area contributed by atoms with E-state index < -0.39 is 17.5 Å². The molecule has 1 heterocycles. The number of hydrogen-bond donors (Lipinski definition) is 1. The van der Waals surface area contributed by atoms with E-state index in [2.05, 4.69) is 0 Å². The van der Waals surface area contributed by atoms with Crippen LogP contribution >= 0.6 is 0 Å². The second kappa shape index (κ2) is 5.30. The number of amides is 1. The van der Waals surface area contributed by atoms with E-state index in [0.29, 0.717) is 24.3 Å². The zero-order valence-corrected chi connectivity index (χ0v) is 13.0. The number of nitrogens with zero attached hydrogens (tertiary/aromatic N) is 1. The lowest BCUT2D eigenvalue weighted by Gasteiger charge is -2.36. The van der Waals surface area contributed by atoms with Crippen molar-refractivity contribution < 1.29 is 19.4 Å². The van der Waals surface area contributed by atoms with Crippen molar-refractivity contribution in [2.45, 2.75) is 50.5 Å². The maximum Gasteiger partial charge on any atom is 0.314 e. The summed E-state index contributed by atoms with van der Waals surface area (Å²) in [5.41, 5.74) is 0.600. The first kappa shape index (κ1) is 14.9. The topological polar surface area (TPSA) is 66.8 Å². The van der Waals surface area contributed by atoms with E-state index in [4.69, 9.17) is 4.74 Å². The smallest absolute Gasteiger partial charge is 0.314 e. The molecule has 0 radical (unpaired) electrons. The fourth-order valence-electron chi connectivity index (χ4n) is 3.59. The number of anilines is 1. The fraction of sp³-hybridized carbons (Fsp3) is 0.529. The van der Waals surface area contributed by atoms with Crippen molar-refractivity contribution in [2.75, 3.05) is 11.9 Å². The Morgan fingerprint density at radius 3 is 2.64 bits per heavy atom. The summed E-state index contributed by atoms with van der Waals surface area (Å²) in [6.45, 7) is 1.72. The Morgan fingerprint density at radius 2 is 2.00 bits per heavy atom. The molecule has 2 aliphatic rings. The van der Waals surface area contributed by atoms with E-state index in [0.717, 1.165) is 24.8 Å². The number of likely N-dealkylation sites (N-methyl/N-ethyl adjacent to an activating group) is 1. The number of carbonyl (C=O) groups excluding carboxylic acids is 1. The van der Waals surface area contributed by atoms with Gasteiger partial charge < -0.3 is 14.7 Å². The van der Waals surface area contributed by atoms with Gasteiger partial charge in [0.15, 0.2) is 6.10 Å². The first-order valence-electron chi connectivity index (χ1n) is 7.78. The minimum absolute atomic E-state index is 0.113. The van der Waals surface area contributed by atoms with Crippen LogP contribution in [0.2, 0.25) is 0 Å². The molecule has 1 amide bonds. The highest BCUT2D eigenvalue weighted by molar-refractivity contribution is 5.99. The molecule has 0 bridgehead atoms. The zero-order valence-electron chi connectivity index (χ0n) is 13.0. The second-order valence-electron chi connectivity index (χ2n) is 6.29. The lowest BCUT2D eigenvalue weighted by Crippen LogP contribution is -2.43. The zero-order chi connectivity index (χ0) is 15.9. The van der Waals surface area contributed by atoms with E-state index in [9.17, 15) is 14.7 Å². The summed E-state index contributed by atoms with van der Waals surface area (Å²) in [6, 6.07) is 5.45. The van der Waals surface area contributed by atoms with Crippen LogP contribution in [-0.4, -0.2) is 30.1 Å². The van der Waals surface area contributed by atoms with Crippen molar-refractivity contribution >= 4 is 17.6 Å². The van der Waals surface area contributed by atoms with Gasteiger partial charge in [0.25, 0.3) is 5.91 Å². The van der Waals surface area contributed by atoms with Gasteiger partial charge in [0, 0.05) is 7.05 Å². The maximum atomic E-state index is 12.1. The highest BCUT2D eigenvalue weighted by atomic mass is 16.5. The lowest BCUT2D eigenvalue weighted by atomic mass is 9.69. The molecule has 0 saturated heterocycles. The molecule has 22 heavy (non-hydrogen) atoms. The van der Waals surface area contributed by atoms with Crippen LogP contribution in [-0.2, 0) is 15.0 Å². The molecular formula is C17H21NO4. The molecule has 0 spiro atoms. The molecule has 1 aromatic rings. The average molecular weight is 303 g/mol. The first-order chi connectivity index (χ1) is 10.5. The third-order valence-corrected chi connectivity index (χ3v) is 4.97. The van der Waals surface area contributed by atoms with E-state index >= 15 is 0 Å². The molecule has 1 fully saturated rings. The number of benzene rings is 1. The summed E-state index contributed by atoms with van der Waals surface area (Å²) in [4.78, 5) is 25.6. The van der Waals surface area contributed by atoms with E-state index in [-0.39, 0.29) is 5.91 Å². The Balaban J connectivity index is 2.06. The van der Waals surface area contributed by atoms with Crippen molar-refractivity contribution in [3.8, 4) is 5.75 Å². The molecule has 118 valence electrons. The third kappa shape index (κ3) is 2.16. The summed E-state index contributed by atoms with van der Waals surface area (Å²) in [5, 5.41) is 9.79. The standard InChI is InChI=1S/C17H21NO4/c1-11-15(19)18(2)13-10-12(6-7-14(13)22-11)17(16(20)21)8-4-3-5-9-17/h6-7,10-11H,3-5,8-9H2,1-2H3,(H,20,21). The summed E-state index contributed by atoms with van der Waals surface area (Å²) < 4.78 is 5.61. The summed E-state index contributed by atoms with van der Waals surface area (Å²) in [6.07, 6.45) is 3.72. The predicted molar refractivity (Wildman–Crippen MR) is 82.3 cm³/mol. The number of fused-ring (bicyclic) bond motifs is 1. The minimum atomic E-state index is -0.833. The van der Waals surface area contributed by atoms with Gasteiger partial charge >= 0.3 is 5.97 Å². The van der Waals surface area contributed by atoms with Gasteiger partial charge in [-0.3, -0.25) is 9.59 Å². The van der Waals surface area contributed by atoms with Crippen LogP contribution in [0, 0.1) is 0 Å². The highest BCUT2D eigenvalue weighted by Crippen LogP contribution is 2.43. The van der Waals surface area contributed by atoms with Crippen molar-refractivity contribution in [3.05, 3.63) is 23.8 Å². The second-order valence-corrected chi connectivity index (χ2v) is 6.29. The fourth-order valence-corrected chi connectivity index (χ4v) is 3.59. The van der Waals surface area contributed by atoms with Gasteiger partial charge in [-0.1, -0.05) is 25.3 Å². The molecular weight excluding hydrogens is 282 g/mol. The number of carbonyl (C=O) groups is 2. The number of carboxylic acids is 1. The average Bonchev–Trinajstić information content (AvgIpc) is 2.53. The first-order valence-corrected chi connectivity index (χ1v) is 7.78. The van der Waals surface area contributed by atoms with Crippen molar-refractivity contribution in [1.82, 2.24) is 0 Å². The molecule has 1 N–H and O–H groups in total. The molecule has 1 aliphatic carbocycles. The molecule has 0 aromatic heterocycles. The van der Waals surface area contributed by atoms with Gasteiger partial charge in [0.05, 0.1) is 11.1 Å². The SMILES string of the molecule is CC1Oc2ccc(C3(C(=O)O)CCCCC3)cc2N(C)C1=O. The predicted octanol–water partition coefficient (Wildman–Crippen LogP) is 2.72. The molecule has 1 aromatic carbocycles. The van der Waals surface area contributed by atoms with Crippen molar-refractivity contribution in [3.63, 3.8) is 0 Å². The Hall–Kier alpha value is -2.04. The maximum absolute atomic E-state index is 12.1. The number of hydrogen-bond acceptors (Lipinski definition) is 3. The summed E-state index contributed by atoms with van der Waals surface area (Å²) in [7, 11) is 1.71. The van der Waals surface area contributed by atoms with Crippen LogP contribution in [0.4, 0.5) is 5.69 Å². The Labute approximate surface area is 129 Å². The quantitative estimate of drug-likeness (QED) is 0.912. The Morgan fingerprint density at radius 1 is 1.32 bits per heavy atom. The van der Waals surface area contributed by atoms with Gasteiger partial charge in [-0.05, 0) is 37.5 Å². The monoisotopic (exact) mass is 303 g/mol. The third-order valence-electron chi connectivity index (χ3n) is 4.97. The number of ether oxygens (including phenoxy) is 1. The minimum Gasteiger partial charge on any atom is -0.481 e. The van der Waals surface area contributed by atoms with Crippen LogP contribution in [0.15, 0.2) is 18.2 Å². The van der Waals surface area contributed by atoms with E-state index in [1.54, 1.807) is 24.9 Å². The van der Waals surface area contributed by atoms with E-state index in [1.807, 2.05) is 12.1 Å². The molecule has 3 rings (SSSR count). The number of rotatable bonds is 2. The van der Waals surface area contributed by atoms with Gasteiger partial charge in [-0.2, -0.15) is 0 Å². The number of aliphatic carboxylic acids is 1. The number of carboxylic acid groups (broad SMARTS) is 1. The Bertz CT molecular complexity index is 619. The normalized spacial score (nSPS) is 23.6. The molecule has 1 saturated carbocycles. The van der Waals surface area contributed by atoms with Gasteiger partial charge in [0.2, 0.25) is 0 Å². The largest absolute Gasteiger partial charge is 0.481 e. The van der Waals surface area contributed by atoms with Crippen LogP contribution in [0.3, 0.4) is 0 Å². The molecule has 5 heteroatoms. The van der Waals surface area contributed by atoms with Crippen LogP contribution in [0.1, 0.15) is 44.6 Å². The molecule has 1 unspecified atom stereocenters. The van der Waals surface area contributed by atoms with Gasteiger partial charge in [-0.25, -0.2) is 0 Å². The summed E-state index contributed by atoms with van der Waals surface area (Å²) in [5.74, 6) is -0.251. The molecule has 1 aliphatic heterocycles. The van der Waals surface area contributed by atoms with Crippen molar-refractivity contribution in [1.29, 1.82) is 0 Å². The Kier molecular flexibility index (Phi) is 3.59. The van der Waals surface area contributed by atoms with Crippen LogP contribution in [0.25, 0.3) is 0 Å². The van der Waals surface area contributed by atoms with Crippen LogP contribution < -0.4 is 9.64 Å². The highest BCUT2D eigenvalue weighted by Gasteiger charge is 2.42. The van der Waals surface area contributed by atoms with E-state index in [1.165, 1.54) is 0 Å². The van der Waals surface area contributed by atoms with Crippen molar-refractivity contribution in [2.24, 2.45) is 0 Å².